The fraction of sp³-hybridized carbons (Fsp3) is 0.800. The van der Waals surface area contributed by atoms with E-state index in [1.54, 1.807) is 6.20 Å². The Hall–Kier alpha value is -0.900. The normalized spacial score (nSPS) is 11.9. The second kappa shape index (κ2) is 5.10. The first kappa shape index (κ1) is 11.2. The summed E-state index contributed by atoms with van der Waals surface area (Å²) in [5.74, 6) is 0. The zero-order valence-corrected chi connectivity index (χ0v) is 9.32. The van der Waals surface area contributed by atoms with Crippen LogP contribution in [0.4, 0.5) is 0 Å². The summed E-state index contributed by atoms with van der Waals surface area (Å²) in [6, 6.07) is 0. The molecule has 1 aromatic rings. The fourth-order valence-corrected chi connectivity index (χ4v) is 1.13. The van der Waals surface area contributed by atoms with E-state index in [9.17, 15) is 0 Å². The molecule has 0 bridgehead atoms. The Morgan fingerprint density at radius 1 is 1.29 bits per heavy atom. The first-order valence-electron chi connectivity index (χ1n) is 5.13. The van der Waals surface area contributed by atoms with Crippen molar-refractivity contribution in [2.45, 2.75) is 33.7 Å². The van der Waals surface area contributed by atoms with Crippen LogP contribution in [0.25, 0.3) is 0 Å². The van der Waals surface area contributed by atoms with Gasteiger partial charge in [0.2, 0.25) is 0 Å². The van der Waals surface area contributed by atoms with E-state index in [1.165, 1.54) is 6.42 Å². The summed E-state index contributed by atoms with van der Waals surface area (Å²) in [5.41, 5.74) is 0.417. The van der Waals surface area contributed by atoms with Crippen molar-refractivity contribution in [1.82, 2.24) is 20.3 Å². The van der Waals surface area contributed by atoms with E-state index in [0.29, 0.717) is 5.41 Å². The summed E-state index contributed by atoms with van der Waals surface area (Å²) in [5, 5.41) is 11.0. The molecule has 4 heteroatoms. The highest BCUT2D eigenvalue weighted by Crippen LogP contribution is 2.16. The lowest BCUT2D eigenvalue weighted by atomic mass is 9.92. The van der Waals surface area contributed by atoms with Gasteiger partial charge in [0.15, 0.2) is 0 Å². The SMILES string of the molecule is CC(C)(C)CCNCCn1ccnn1. The highest BCUT2D eigenvalue weighted by atomic mass is 15.4. The first-order valence-corrected chi connectivity index (χ1v) is 5.13. The average molecular weight is 196 g/mol. The van der Waals surface area contributed by atoms with Gasteiger partial charge in [0.25, 0.3) is 0 Å². The molecule has 0 aliphatic heterocycles. The summed E-state index contributed by atoms with van der Waals surface area (Å²) >= 11 is 0. The molecular formula is C10H20N4. The van der Waals surface area contributed by atoms with E-state index in [-0.39, 0.29) is 0 Å². The largest absolute Gasteiger partial charge is 0.315 e. The van der Waals surface area contributed by atoms with Crippen LogP contribution in [0.15, 0.2) is 12.4 Å². The lowest BCUT2D eigenvalue weighted by Gasteiger charge is -2.17. The van der Waals surface area contributed by atoms with Crippen molar-refractivity contribution < 1.29 is 0 Å². The second-order valence-electron chi connectivity index (χ2n) is 4.73. The van der Waals surface area contributed by atoms with Gasteiger partial charge in [-0.2, -0.15) is 0 Å². The van der Waals surface area contributed by atoms with Crippen LogP contribution in [0.1, 0.15) is 27.2 Å². The van der Waals surface area contributed by atoms with Gasteiger partial charge in [-0.3, -0.25) is 4.68 Å². The zero-order chi connectivity index (χ0) is 10.4. The van der Waals surface area contributed by atoms with Crippen LogP contribution in [0.3, 0.4) is 0 Å². The molecule has 1 rings (SSSR count). The molecule has 0 radical (unpaired) electrons. The maximum absolute atomic E-state index is 3.89. The van der Waals surface area contributed by atoms with Gasteiger partial charge in [-0.1, -0.05) is 26.0 Å². The molecule has 0 saturated carbocycles. The number of hydrogen-bond acceptors (Lipinski definition) is 3. The molecule has 0 unspecified atom stereocenters. The van der Waals surface area contributed by atoms with E-state index < -0.39 is 0 Å². The number of hydrogen-bond donors (Lipinski definition) is 1. The van der Waals surface area contributed by atoms with Crippen LogP contribution in [-0.2, 0) is 6.54 Å². The molecule has 80 valence electrons. The predicted molar refractivity (Wildman–Crippen MR) is 57.0 cm³/mol. The minimum atomic E-state index is 0.417. The van der Waals surface area contributed by atoms with Gasteiger partial charge in [0, 0.05) is 12.7 Å². The third-order valence-electron chi connectivity index (χ3n) is 2.04. The summed E-state index contributed by atoms with van der Waals surface area (Å²) in [6.45, 7) is 9.69. The topological polar surface area (TPSA) is 42.7 Å². The molecule has 14 heavy (non-hydrogen) atoms. The Labute approximate surface area is 85.7 Å². The molecule has 1 N–H and O–H groups in total. The highest BCUT2D eigenvalue weighted by Gasteiger charge is 2.08. The van der Waals surface area contributed by atoms with Crippen molar-refractivity contribution in [2.75, 3.05) is 13.1 Å². The molecule has 1 aromatic heterocycles. The van der Waals surface area contributed by atoms with Gasteiger partial charge < -0.3 is 5.32 Å². The van der Waals surface area contributed by atoms with E-state index in [2.05, 4.69) is 36.4 Å². The molecule has 1 heterocycles. The van der Waals surface area contributed by atoms with Crippen molar-refractivity contribution in [2.24, 2.45) is 5.41 Å². The maximum Gasteiger partial charge on any atom is 0.0692 e. The summed E-state index contributed by atoms with van der Waals surface area (Å²) in [7, 11) is 0. The van der Waals surface area contributed by atoms with Crippen LogP contribution in [0, 0.1) is 5.41 Å². The lowest BCUT2D eigenvalue weighted by Crippen LogP contribution is -2.24. The van der Waals surface area contributed by atoms with Crippen LogP contribution in [-0.4, -0.2) is 28.1 Å². The Morgan fingerprint density at radius 2 is 2.07 bits per heavy atom. The van der Waals surface area contributed by atoms with Crippen LogP contribution in [0.2, 0.25) is 0 Å². The average Bonchev–Trinajstić information content (AvgIpc) is 2.54. The smallest absolute Gasteiger partial charge is 0.0692 e. The van der Waals surface area contributed by atoms with E-state index in [1.807, 2.05) is 10.9 Å². The Morgan fingerprint density at radius 3 is 2.64 bits per heavy atom. The summed E-state index contributed by atoms with van der Waals surface area (Å²) in [6.07, 6.45) is 4.78. The molecular weight excluding hydrogens is 176 g/mol. The molecule has 0 atom stereocenters. The Bertz CT molecular complexity index is 235. The van der Waals surface area contributed by atoms with Gasteiger partial charge in [-0.25, -0.2) is 0 Å². The van der Waals surface area contributed by atoms with Crippen LogP contribution >= 0.6 is 0 Å². The monoisotopic (exact) mass is 196 g/mol. The van der Waals surface area contributed by atoms with Gasteiger partial charge in [-0.05, 0) is 18.4 Å². The summed E-state index contributed by atoms with van der Waals surface area (Å²) < 4.78 is 1.84. The molecule has 0 aromatic carbocycles. The van der Waals surface area contributed by atoms with Gasteiger partial charge in [0.1, 0.15) is 0 Å². The minimum Gasteiger partial charge on any atom is -0.315 e. The fourth-order valence-electron chi connectivity index (χ4n) is 1.13. The van der Waals surface area contributed by atoms with Crippen molar-refractivity contribution in [3.8, 4) is 0 Å². The van der Waals surface area contributed by atoms with Gasteiger partial charge in [-0.15, -0.1) is 5.10 Å². The Balaban J connectivity index is 2.00. The van der Waals surface area contributed by atoms with E-state index >= 15 is 0 Å². The quantitative estimate of drug-likeness (QED) is 0.722. The van der Waals surface area contributed by atoms with Crippen LogP contribution < -0.4 is 5.32 Å². The molecule has 0 saturated heterocycles. The number of aromatic nitrogens is 3. The molecule has 0 amide bonds. The standard InChI is InChI=1S/C10H20N4/c1-10(2,3)4-5-11-6-8-14-9-7-12-13-14/h7,9,11H,4-6,8H2,1-3H3. The minimum absolute atomic E-state index is 0.417. The lowest BCUT2D eigenvalue weighted by molar-refractivity contribution is 0.364. The third kappa shape index (κ3) is 4.97. The van der Waals surface area contributed by atoms with Crippen molar-refractivity contribution in [1.29, 1.82) is 0 Å². The number of nitrogens with zero attached hydrogens (tertiary/aromatic N) is 3. The van der Waals surface area contributed by atoms with Gasteiger partial charge >= 0.3 is 0 Å². The predicted octanol–water partition coefficient (Wildman–Crippen LogP) is 1.30. The third-order valence-corrected chi connectivity index (χ3v) is 2.04. The number of nitrogens with one attached hydrogen (secondary N) is 1. The number of rotatable bonds is 5. The van der Waals surface area contributed by atoms with Crippen molar-refractivity contribution >= 4 is 0 Å². The van der Waals surface area contributed by atoms with E-state index in [0.717, 1.165) is 19.6 Å². The molecule has 0 aliphatic rings. The molecule has 4 nitrogen and oxygen atoms in total. The maximum atomic E-state index is 3.89. The van der Waals surface area contributed by atoms with Crippen LogP contribution in [0.5, 0.6) is 0 Å². The molecule has 0 spiro atoms. The molecule has 0 aliphatic carbocycles. The van der Waals surface area contributed by atoms with Crippen molar-refractivity contribution in [3.63, 3.8) is 0 Å². The Kier molecular flexibility index (Phi) is 4.07. The first-order chi connectivity index (χ1) is 6.58. The van der Waals surface area contributed by atoms with E-state index in [4.69, 9.17) is 0 Å². The van der Waals surface area contributed by atoms with Gasteiger partial charge in [0.05, 0.1) is 12.7 Å². The highest BCUT2D eigenvalue weighted by molar-refractivity contribution is 4.65. The second-order valence-corrected chi connectivity index (χ2v) is 4.73. The summed E-state index contributed by atoms with van der Waals surface area (Å²) in [4.78, 5) is 0. The zero-order valence-electron chi connectivity index (χ0n) is 9.32. The molecule has 0 fully saturated rings. The van der Waals surface area contributed by atoms with Crippen molar-refractivity contribution in [3.05, 3.63) is 12.4 Å².